The van der Waals surface area contributed by atoms with Crippen LogP contribution in [0.4, 0.5) is 0 Å². The Hall–Kier alpha value is 0.0400. The van der Waals surface area contributed by atoms with Crippen molar-refractivity contribution < 1.29 is 0 Å². The first-order valence-electron chi connectivity index (χ1n) is 2.62. The third-order valence-electron chi connectivity index (χ3n) is 1.21. The number of aromatic nitrogens is 2. The molecule has 0 unspecified atom stereocenters. The number of imidazole rings is 1. The maximum atomic E-state index is 5.65. The molecule has 2 N–H and O–H groups in total. The van der Waals surface area contributed by atoms with Gasteiger partial charge in [-0.3, -0.25) is 0 Å². The molecule has 6 heteroatoms. The molecule has 0 saturated carbocycles. The van der Waals surface area contributed by atoms with Crippen LogP contribution in [0.5, 0.6) is 0 Å². The van der Waals surface area contributed by atoms with Crippen molar-refractivity contribution in [1.82, 2.24) is 9.55 Å². The summed E-state index contributed by atoms with van der Waals surface area (Å²) in [7, 11) is 1.83. The van der Waals surface area contributed by atoms with Crippen LogP contribution in [0.15, 0.2) is 6.20 Å². The van der Waals surface area contributed by atoms with E-state index in [1.807, 2.05) is 7.05 Å². The smallest absolute Gasteiger partial charge is 0.128 e. The van der Waals surface area contributed by atoms with Crippen molar-refractivity contribution in [1.29, 1.82) is 0 Å². The van der Waals surface area contributed by atoms with E-state index in [1.165, 1.54) is 0 Å². The maximum absolute atomic E-state index is 5.65. The van der Waals surface area contributed by atoms with Gasteiger partial charge in [-0.05, 0) is 0 Å². The molecule has 0 aliphatic carbocycles. The Morgan fingerprint density at radius 2 is 2.18 bits per heavy atom. The zero-order valence-electron chi connectivity index (χ0n) is 5.95. The molecule has 0 fully saturated rings. The predicted molar refractivity (Wildman–Crippen MR) is 50.6 cm³/mol. The van der Waals surface area contributed by atoms with Gasteiger partial charge in [-0.1, -0.05) is 11.6 Å². The molecule has 0 spiro atoms. The fraction of sp³-hybridized carbons (Fsp3) is 0.400. The molecule has 1 heterocycles. The third-order valence-corrected chi connectivity index (χ3v) is 1.56. The molecule has 0 amide bonds. The predicted octanol–water partition coefficient (Wildman–Crippen LogP) is 1.38. The Labute approximate surface area is 82.7 Å². The second-order valence-electron chi connectivity index (χ2n) is 1.76. The molecule has 1 aromatic rings. The van der Waals surface area contributed by atoms with Crippen LogP contribution in [0.2, 0.25) is 5.15 Å². The van der Waals surface area contributed by atoms with E-state index in [0.29, 0.717) is 11.7 Å². The van der Waals surface area contributed by atoms with Gasteiger partial charge in [0.25, 0.3) is 0 Å². The van der Waals surface area contributed by atoms with E-state index in [1.54, 1.807) is 10.8 Å². The monoisotopic (exact) mass is 217 g/mol. The fourth-order valence-corrected chi connectivity index (χ4v) is 0.760. The maximum Gasteiger partial charge on any atom is 0.128 e. The molecular weight excluding hydrogens is 208 g/mol. The van der Waals surface area contributed by atoms with E-state index >= 15 is 0 Å². The summed E-state index contributed by atoms with van der Waals surface area (Å²) in [5, 5.41) is 0.621. The van der Waals surface area contributed by atoms with Gasteiger partial charge in [0, 0.05) is 7.05 Å². The van der Waals surface area contributed by atoms with E-state index in [-0.39, 0.29) is 24.8 Å². The van der Waals surface area contributed by atoms with Crippen molar-refractivity contribution in [3.8, 4) is 0 Å². The Morgan fingerprint density at radius 3 is 2.36 bits per heavy atom. The van der Waals surface area contributed by atoms with Gasteiger partial charge in [-0.25, -0.2) is 4.98 Å². The highest BCUT2D eigenvalue weighted by Gasteiger charge is 1.99. The first-order valence-corrected chi connectivity index (χ1v) is 2.99. The van der Waals surface area contributed by atoms with Crippen molar-refractivity contribution in [3.63, 3.8) is 0 Å². The second-order valence-corrected chi connectivity index (χ2v) is 2.15. The average Bonchev–Trinajstić information content (AvgIpc) is 2.15. The minimum absolute atomic E-state index is 0. The van der Waals surface area contributed by atoms with Gasteiger partial charge in [0.05, 0.1) is 12.7 Å². The van der Waals surface area contributed by atoms with Crippen molar-refractivity contribution >= 4 is 36.4 Å². The molecule has 0 atom stereocenters. The quantitative estimate of drug-likeness (QED) is 0.774. The average molecular weight is 219 g/mol. The van der Waals surface area contributed by atoms with Crippen LogP contribution in [-0.2, 0) is 13.6 Å². The number of rotatable bonds is 1. The van der Waals surface area contributed by atoms with Gasteiger partial charge in [0.1, 0.15) is 11.0 Å². The van der Waals surface area contributed by atoms with Crippen LogP contribution in [0.25, 0.3) is 0 Å². The Morgan fingerprint density at radius 1 is 1.64 bits per heavy atom. The standard InChI is InChI=1S/C5H8ClN3.2ClH/c1-9-4(6)3-8-5(9)2-7;;/h3H,2,7H2,1H3;2*1H. The summed E-state index contributed by atoms with van der Waals surface area (Å²) in [5.74, 6) is 0.806. The van der Waals surface area contributed by atoms with Gasteiger partial charge in [-0.15, -0.1) is 24.8 Å². The topological polar surface area (TPSA) is 43.8 Å². The minimum atomic E-state index is 0. The Kier molecular flexibility index (Phi) is 7.01. The van der Waals surface area contributed by atoms with E-state index < -0.39 is 0 Å². The highest BCUT2D eigenvalue weighted by atomic mass is 35.5. The molecule has 1 aromatic heterocycles. The van der Waals surface area contributed by atoms with Gasteiger partial charge in [0.15, 0.2) is 0 Å². The third kappa shape index (κ3) is 2.87. The lowest BCUT2D eigenvalue weighted by Crippen LogP contribution is -2.04. The lowest BCUT2D eigenvalue weighted by molar-refractivity contribution is 0.794. The molecule has 1 rings (SSSR count). The first kappa shape index (κ1) is 13.6. The molecule has 0 bridgehead atoms. The number of nitrogens with two attached hydrogens (primary N) is 1. The number of hydrogen-bond acceptors (Lipinski definition) is 2. The number of nitrogens with zero attached hydrogens (tertiary/aromatic N) is 2. The lowest BCUT2D eigenvalue weighted by atomic mass is 10.6. The first-order chi connectivity index (χ1) is 4.25. The molecular formula is C5H10Cl3N3. The van der Waals surface area contributed by atoms with Crippen molar-refractivity contribution in [2.75, 3.05) is 0 Å². The summed E-state index contributed by atoms with van der Waals surface area (Å²) in [6.07, 6.45) is 1.59. The number of halogens is 3. The van der Waals surface area contributed by atoms with E-state index in [4.69, 9.17) is 17.3 Å². The molecule has 0 aliphatic rings. The Balaban J connectivity index is 0. The lowest BCUT2D eigenvalue weighted by Gasteiger charge is -1.95. The summed E-state index contributed by atoms with van der Waals surface area (Å²) in [6.45, 7) is 0.434. The molecule has 0 aromatic carbocycles. The highest BCUT2D eigenvalue weighted by Crippen LogP contribution is 2.07. The minimum Gasteiger partial charge on any atom is -0.324 e. The van der Waals surface area contributed by atoms with Gasteiger partial charge in [0.2, 0.25) is 0 Å². The summed E-state index contributed by atoms with van der Waals surface area (Å²) >= 11 is 5.65. The Bertz CT molecular complexity index is 211. The molecule has 0 radical (unpaired) electrons. The SMILES string of the molecule is Cl.Cl.Cn1c(Cl)cnc1CN. The summed E-state index contributed by atoms with van der Waals surface area (Å²) < 4.78 is 1.75. The zero-order chi connectivity index (χ0) is 6.85. The molecule has 66 valence electrons. The van der Waals surface area contributed by atoms with Gasteiger partial charge < -0.3 is 10.3 Å². The van der Waals surface area contributed by atoms with Crippen LogP contribution in [0, 0.1) is 0 Å². The summed E-state index contributed by atoms with van der Waals surface area (Å²) in [6, 6.07) is 0. The summed E-state index contributed by atoms with van der Waals surface area (Å²) in [5.41, 5.74) is 5.32. The van der Waals surface area contributed by atoms with Crippen molar-refractivity contribution in [2.24, 2.45) is 12.8 Å². The molecule has 0 saturated heterocycles. The molecule has 0 aliphatic heterocycles. The second kappa shape index (κ2) is 5.66. The zero-order valence-corrected chi connectivity index (χ0v) is 8.34. The van der Waals surface area contributed by atoms with E-state index in [2.05, 4.69) is 4.98 Å². The van der Waals surface area contributed by atoms with Crippen LogP contribution < -0.4 is 5.73 Å². The normalized spacial score (nSPS) is 8.27. The molecule has 3 nitrogen and oxygen atoms in total. The van der Waals surface area contributed by atoms with Crippen molar-refractivity contribution in [3.05, 3.63) is 17.2 Å². The van der Waals surface area contributed by atoms with Crippen LogP contribution in [0.3, 0.4) is 0 Å². The van der Waals surface area contributed by atoms with Gasteiger partial charge >= 0.3 is 0 Å². The molecule has 11 heavy (non-hydrogen) atoms. The van der Waals surface area contributed by atoms with E-state index in [0.717, 1.165) is 5.82 Å². The summed E-state index contributed by atoms with van der Waals surface area (Å²) in [4.78, 5) is 3.94. The van der Waals surface area contributed by atoms with E-state index in [9.17, 15) is 0 Å². The fourth-order valence-electron chi connectivity index (χ4n) is 0.614. The van der Waals surface area contributed by atoms with Gasteiger partial charge in [-0.2, -0.15) is 0 Å². The largest absolute Gasteiger partial charge is 0.324 e. The van der Waals surface area contributed by atoms with Crippen LogP contribution in [0.1, 0.15) is 5.82 Å². The highest BCUT2D eigenvalue weighted by molar-refractivity contribution is 6.29. The number of hydrogen-bond donors (Lipinski definition) is 1. The van der Waals surface area contributed by atoms with Crippen molar-refractivity contribution in [2.45, 2.75) is 6.54 Å². The van der Waals surface area contributed by atoms with Crippen LogP contribution in [-0.4, -0.2) is 9.55 Å². The van der Waals surface area contributed by atoms with Crippen LogP contribution >= 0.6 is 36.4 Å².